The Balaban J connectivity index is 2.26. The molecule has 0 N–H and O–H groups in total. The number of aromatic nitrogens is 2. The van der Waals surface area contributed by atoms with Crippen LogP contribution < -0.4 is 4.74 Å². The van der Waals surface area contributed by atoms with Crippen LogP contribution in [0.5, 0.6) is 5.75 Å². The fourth-order valence-electron chi connectivity index (χ4n) is 2.55. The molecule has 0 aliphatic rings. The Labute approximate surface area is 171 Å². The van der Waals surface area contributed by atoms with E-state index >= 15 is 0 Å². The zero-order valence-corrected chi connectivity index (χ0v) is 16.6. The number of ether oxygens (including phenoxy) is 1. The molecule has 0 aliphatic carbocycles. The summed E-state index contributed by atoms with van der Waals surface area (Å²) in [6.45, 7) is -1.46. The molecule has 0 atom stereocenters. The molecular formula is C17H15ClF7N3O2. The van der Waals surface area contributed by atoms with Gasteiger partial charge < -0.3 is 9.64 Å². The highest BCUT2D eigenvalue weighted by molar-refractivity contribution is 6.32. The van der Waals surface area contributed by atoms with E-state index in [1.165, 1.54) is 11.7 Å². The van der Waals surface area contributed by atoms with Crippen LogP contribution in [0.3, 0.4) is 0 Å². The lowest BCUT2D eigenvalue weighted by Crippen LogP contribution is -2.30. The molecule has 0 aliphatic heterocycles. The van der Waals surface area contributed by atoms with Crippen molar-refractivity contribution in [3.8, 4) is 5.75 Å². The molecule has 0 saturated heterocycles. The van der Waals surface area contributed by atoms with Gasteiger partial charge in [0.1, 0.15) is 0 Å². The topological polar surface area (TPSA) is 47.4 Å². The van der Waals surface area contributed by atoms with Crippen molar-refractivity contribution in [3.63, 3.8) is 0 Å². The van der Waals surface area contributed by atoms with Gasteiger partial charge in [0.05, 0.1) is 29.4 Å². The first-order chi connectivity index (χ1) is 13.7. The first-order valence-corrected chi connectivity index (χ1v) is 8.58. The number of halogens is 8. The largest absolute Gasteiger partial charge is 0.478 e. The Kier molecular flexibility index (Phi) is 6.90. The van der Waals surface area contributed by atoms with Crippen molar-refractivity contribution in [3.05, 3.63) is 45.2 Å². The predicted molar refractivity (Wildman–Crippen MR) is 91.0 cm³/mol. The molecule has 166 valence electrons. The molecule has 1 aromatic heterocycles. The van der Waals surface area contributed by atoms with Gasteiger partial charge in [-0.1, -0.05) is 11.6 Å². The molecular weight excluding hydrogens is 447 g/mol. The van der Waals surface area contributed by atoms with Crippen molar-refractivity contribution in [2.75, 3.05) is 13.7 Å². The fourth-order valence-corrected chi connectivity index (χ4v) is 2.78. The smallest absolute Gasteiger partial charge is 0.422 e. The molecule has 0 bridgehead atoms. The van der Waals surface area contributed by atoms with Crippen molar-refractivity contribution in [1.82, 2.24) is 14.7 Å². The van der Waals surface area contributed by atoms with E-state index in [9.17, 15) is 35.5 Å². The number of carbonyl (C=O) groups is 1. The van der Waals surface area contributed by atoms with Crippen LogP contribution >= 0.6 is 11.6 Å². The Morgan fingerprint density at radius 1 is 1.13 bits per heavy atom. The highest BCUT2D eigenvalue weighted by atomic mass is 35.5. The van der Waals surface area contributed by atoms with Crippen molar-refractivity contribution in [2.24, 2.45) is 7.05 Å². The van der Waals surface area contributed by atoms with Crippen molar-refractivity contribution >= 4 is 17.5 Å². The van der Waals surface area contributed by atoms with E-state index in [0.29, 0.717) is 11.4 Å². The maximum Gasteiger partial charge on any atom is 0.422 e. The third kappa shape index (κ3) is 4.97. The fraction of sp³-hybridized carbons (Fsp3) is 0.412. The summed E-state index contributed by atoms with van der Waals surface area (Å²) in [5.74, 6) is -10.8. The van der Waals surface area contributed by atoms with Gasteiger partial charge in [-0.15, -0.1) is 0 Å². The number of alkyl halides is 3. The summed E-state index contributed by atoms with van der Waals surface area (Å²) >= 11 is 6.03. The van der Waals surface area contributed by atoms with Crippen molar-refractivity contribution in [1.29, 1.82) is 0 Å². The monoisotopic (exact) mass is 461 g/mol. The first-order valence-electron chi connectivity index (χ1n) is 8.20. The van der Waals surface area contributed by atoms with E-state index < -0.39 is 59.8 Å². The molecule has 30 heavy (non-hydrogen) atoms. The average Bonchev–Trinajstić information content (AvgIpc) is 2.88. The van der Waals surface area contributed by atoms with Crippen LogP contribution in [0.1, 0.15) is 17.0 Å². The Hall–Kier alpha value is -2.50. The third-order valence-electron chi connectivity index (χ3n) is 4.10. The van der Waals surface area contributed by atoms with E-state index in [1.807, 2.05) is 0 Å². The molecule has 1 aromatic carbocycles. The molecule has 1 heterocycles. The van der Waals surface area contributed by atoms with Crippen molar-refractivity contribution < 1.29 is 40.3 Å². The van der Waals surface area contributed by atoms with Gasteiger partial charge in [-0.2, -0.15) is 27.1 Å². The summed E-state index contributed by atoms with van der Waals surface area (Å²) in [7, 11) is 2.63. The lowest BCUT2D eigenvalue weighted by molar-refractivity contribution is -0.154. The zero-order valence-electron chi connectivity index (χ0n) is 15.8. The molecule has 13 heteroatoms. The van der Waals surface area contributed by atoms with Gasteiger partial charge in [-0.25, -0.2) is 8.78 Å². The number of amides is 1. The number of hydrogen-bond donors (Lipinski definition) is 0. The van der Waals surface area contributed by atoms with Crippen LogP contribution in [-0.4, -0.2) is 40.4 Å². The second-order valence-electron chi connectivity index (χ2n) is 6.36. The Morgan fingerprint density at radius 2 is 1.67 bits per heavy atom. The lowest BCUT2D eigenvalue weighted by Gasteiger charge is -2.20. The van der Waals surface area contributed by atoms with Crippen LogP contribution in [0.25, 0.3) is 0 Å². The summed E-state index contributed by atoms with van der Waals surface area (Å²) in [5.41, 5.74) is -0.437. The number of benzene rings is 1. The second kappa shape index (κ2) is 8.70. The molecule has 0 spiro atoms. The number of hydrogen-bond acceptors (Lipinski definition) is 3. The van der Waals surface area contributed by atoms with E-state index in [-0.39, 0.29) is 11.4 Å². The molecule has 2 rings (SSSR count). The summed E-state index contributed by atoms with van der Waals surface area (Å²) in [6, 6.07) is 0. The second-order valence-corrected chi connectivity index (χ2v) is 6.74. The van der Waals surface area contributed by atoms with Crippen LogP contribution in [-0.2, 0) is 24.8 Å². The number of carbonyl (C=O) groups excluding carboxylic acids is 1. The van der Waals surface area contributed by atoms with Gasteiger partial charge in [0.15, 0.2) is 24.0 Å². The highest BCUT2D eigenvalue weighted by Crippen LogP contribution is 2.32. The van der Waals surface area contributed by atoms with E-state index in [2.05, 4.69) is 9.84 Å². The Morgan fingerprint density at radius 3 is 2.10 bits per heavy atom. The van der Waals surface area contributed by atoms with Gasteiger partial charge in [0, 0.05) is 19.7 Å². The van der Waals surface area contributed by atoms with Crippen molar-refractivity contribution in [2.45, 2.75) is 26.1 Å². The normalized spacial score (nSPS) is 11.7. The summed E-state index contributed by atoms with van der Waals surface area (Å²) in [4.78, 5) is 13.1. The number of rotatable bonds is 6. The number of aryl methyl sites for hydroxylation is 2. The van der Waals surface area contributed by atoms with Gasteiger partial charge in [-0.3, -0.25) is 9.48 Å². The Bertz CT molecular complexity index is 946. The summed E-state index contributed by atoms with van der Waals surface area (Å²) < 4.78 is 98.0. The lowest BCUT2D eigenvalue weighted by atomic mass is 10.1. The molecule has 2 aromatic rings. The average molecular weight is 462 g/mol. The maximum absolute atomic E-state index is 14.2. The van der Waals surface area contributed by atoms with E-state index in [4.69, 9.17) is 11.6 Å². The molecule has 0 saturated carbocycles. The minimum atomic E-state index is -4.98. The van der Waals surface area contributed by atoms with E-state index in [1.54, 1.807) is 6.92 Å². The van der Waals surface area contributed by atoms with Crippen LogP contribution in [0, 0.1) is 30.2 Å². The summed E-state index contributed by atoms with van der Waals surface area (Å²) in [6.07, 6.45) is -5.31. The molecule has 0 fully saturated rings. The summed E-state index contributed by atoms with van der Waals surface area (Å²) in [5, 5.41) is 4.21. The quantitative estimate of drug-likeness (QED) is 0.481. The van der Waals surface area contributed by atoms with Crippen LogP contribution in [0.2, 0.25) is 5.02 Å². The molecule has 5 nitrogen and oxygen atoms in total. The molecule has 1 amide bonds. The van der Waals surface area contributed by atoms with E-state index in [0.717, 1.165) is 11.9 Å². The van der Waals surface area contributed by atoms with Crippen LogP contribution in [0.4, 0.5) is 30.7 Å². The van der Waals surface area contributed by atoms with Gasteiger partial charge in [0.2, 0.25) is 17.5 Å². The number of nitrogens with zero attached hydrogens (tertiary/aromatic N) is 3. The predicted octanol–water partition coefficient (Wildman–Crippen LogP) is 4.08. The zero-order chi connectivity index (χ0) is 23.0. The minimum absolute atomic E-state index is 0.208. The van der Waals surface area contributed by atoms with Gasteiger partial charge >= 0.3 is 6.18 Å². The molecule has 0 unspecified atom stereocenters. The highest BCUT2D eigenvalue weighted by Gasteiger charge is 2.33. The minimum Gasteiger partial charge on any atom is -0.478 e. The van der Waals surface area contributed by atoms with Gasteiger partial charge in [-0.05, 0) is 6.92 Å². The van der Waals surface area contributed by atoms with Gasteiger partial charge in [0.25, 0.3) is 0 Å². The number of likely N-dealkylation sites (N-methyl/N-ethyl adjacent to an activating group) is 1. The standard InChI is InChI=1S/C17H15ClF7N3O2/c1-7-11(18)9(28(3)26-7)4-10(29)27(2)5-8-12(19)14(21)16(15(22)13(8)20)30-6-17(23,24)25/h4-6H2,1-3H3. The maximum atomic E-state index is 14.2. The third-order valence-corrected chi connectivity index (χ3v) is 4.59. The first kappa shape index (κ1) is 23.8. The molecule has 0 radical (unpaired) electrons. The SMILES string of the molecule is Cc1nn(C)c(CC(=O)N(C)Cc2c(F)c(F)c(OCC(F)(F)F)c(F)c2F)c1Cl. The van der Waals surface area contributed by atoms with Crippen LogP contribution in [0.15, 0.2) is 0 Å².